The van der Waals surface area contributed by atoms with Crippen molar-refractivity contribution in [2.75, 3.05) is 63.3 Å². The summed E-state index contributed by atoms with van der Waals surface area (Å²) < 4.78 is 45.2. The fourth-order valence-corrected chi connectivity index (χ4v) is 5.73. The van der Waals surface area contributed by atoms with Gasteiger partial charge in [0.05, 0.1) is 44.2 Å². The number of aromatic nitrogens is 3. The lowest BCUT2D eigenvalue weighted by Crippen LogP contribution is -2.60. The van der Waals surface area contributed by atoms with Crippen molar-refractivity contribution < 1.29 is 23.0 Å². The van der Waals surface area contributed by atoms with Crippen LogP contribution in [0.15, 0.2) is 42.6 Å². The highest BCUT2D eigenvalue weighted by Gasteiger charge is 2.43. The molecule has 0 radical (unpaired) electrons. The minimum absolute atomic E-state index is 0.120. The van der Waals surface area contributed by atoms with E-state index in [4.69, 9.17) is 14.2 Å². The molecule has 2 aromatic heterocycles. The first-order chi connectivity index (χ1) is 20.8. The number of hydrogen-bond donors (Lipinski definition) is 2. The van der Waals surface area contributed by atoms with Gasteiger partial charge in [0.25, 0.3) is 5.92 Å². The summed E-state index contributed by atoms with van der Waals surface area (Å²) in [5, 5.41) is 15.5. The Labute approximate surface area is 248 Å². The second-order valence-electron chi connectivity index (χ2n) is 11.0. The largest absolute Gasteiger partial charge is 0.483 e. The molecule has 13 heteroatoms. The number of nitrogens with one attached hydrogen (secondary N) is 2. The van der Waals surface area contributed by atoms with Crippen LogP contribution < -0.4 is 25.0 Å². The Morgan fingerprint density at radius 3 is 2.74 bits per heavy atom. The van der Waals surface area contributed by atoms with Crippen LogP contribution in [0.1, 0.15) is 18.9 Å². The fraction of sp³-hybridized carbons (Fsp3) is 0.467. The second kappa shape index (κ2) is 12.2. The van der Waals surface area contributed by atoms with Gasteiger partial charge in [0.2, 0.25) is 11.8 Å². The zero-order valence-corrected chi connectivity index (χ0v) is 24.1. The van der Waals surface area contributed by atoms with Crippen LogP contribution in [0.5, 0.6) is 11.6 Å². The van der Waals surface area contributed by atoms with Crippen molar-refractivity contribution in [1.29, 1.82) is 5.26 Å². The van der Waals surface area contributed by atoms with Crippen LogP contribution in [-0.2, 0) is 4.74 Å². The number of nitriles is 1. The maximum atomic E-state index is 14.3. The normalized spacial score (nSPS) is 22.3. The molecule has 1 aromatic carbocycles. The van der Waals surface area contributed by atoms with Gasteiger partial charge in [-0.15, -0.1) is 0 Å². The number of rotatable bonds is 8. The van der Waals surface area contributed by atoms with Crippen molar-refractivity contribution in [3.63, 3.8) is 0 Å². The van der Waals surface area contributed by atoms with Crippen LogP contribution in [0.25, 0.3) is 11.3 Å². The number of halogens is 2. The highest BCUT2D eigenvalue weighted by molar-refractivity contribution is 5.66. The first-order valence-electron chi connectivity index (χ1n) is 14.4. The monoisotopic (exact) mass is 592 g/mol. The maximum Gasteiger partial charge on any atom is 0.296 e. The molecule has 43 heavy (non-hydrogen) atoms. The lowest BCUT2D eigenvalue weighted by Gasteiger charge is -2.47. The van der Waals surface area contributed by atoms with Crippen molar-refractivity contribution in [2.45, 2.75) is 37.5 Å². The van der Waals surface area contributed by atoms with Crippen molar-refractivity contribution in [2.24, 2.45) is 0 Å². The number of benzene rings is 1. The van der Waals surface area contributed by atoms with Crippen molar-refractivity contribution in [3.8, 4) is 29.0 Å². The van der Waals surface area contributed by atoms with Gasteiger partial charge in [-0.05, 0) is 49.9 Å². The number of hydrogen-bond acceptors (Lipinski definition) is 11. The number of piperidine rings is 1. The molecule has 3 aliphatic heterocycles. The number of nitrogens with zero attached hydrogens (tertiary/aromatic N) is 6. The molecule has 5 heterocycles. The summed E-state index contributed by atoms with van der Waals surface area (Å²) in [7, 11) is 1.60. The quantitative estimate of drug-likeness (QED) is 0.400. The Balaban J connectivity index is 1.16. The summed E-state index contributed by atoms with van der Waals surface area (Å²) in [4.78, 5) is 18.4. The molecule has 0 bridgehead atoms. The number of piperazine rings is 1. The molecule has 0 spiro atoms. The molecule has 0 aliphatic carbocycles. The first-order valence-corrected chi connectivity index (χ1v) is 14.4. The van der Waals surface area contributed by atoms with Gasteiger partial charge in [-0.3, -0.25) is 4.90 Å². The average Bonchev–Trinajstić information content (AvgIpc) is 2.98. The minimum Gasteiger partial charge on any atom is -0.483 e. The van der Waals surface area contributed by atoms with Gasteiger partial charge in [-0.2, -0.15) is 10.2 Å². The molecule has 0 amide bonds. The van der Waals surface area contributed by atoms with Gasteiger partial charge in [-0.1, -0.05) is 0 Å². The van der Waals surface area contributed by atoms with Crippen molar-refractivity contribution in [1.82, 2.24) is 25.2 Å². The average molecular weight is 593 g/mol. The molecule has 3 aromatic rings. The molecule has 0 saturated carbocycles. The number of alkyl halides is 2. The summed E-state index contributed by atoms with van der Waals surface area (Å²) >= 11 is 0. The summed E-state index contributed by atoms with van der Waals surface area (Å²) in [6.07, 6.45) is 0.441. The number of anilines is 3. The standard InChI is InChI=1S/C30H34F2N8O3/c1-19-15-39(11-12-40(19)22-16-42-17-22)24-4-6-27(37-28(24)41-2)38-29-35-10-7-23(36-29)20-3-5-25(21(13-20)14-33)43-26-8-9-34-18-30(26,31)32/h3-7,10,13,19,22,26,34H,8-9,11-12,15-18H2,1-2H3,(H,35,36,37,38). The molecule has 3 saturated heterocycles. The van der Waals surface area contributed by atoms with Crippen LogP contribution in [0, 0.1) is 11.3 Å². The second-order valence-corrected chi connectivity index (χ2v) is 11.0. The Morgan fingerprint density at radius 2 is 2.02 bits per heavy atom. The molecule has 3 aliphatic rings. The lowest BCUT2D eigenvalue weighted by atomic mass is 10.0. The predicted octanol–water partition coefficient (Wildman–Crippen LogP) is 3.45. The predicted molar refractivity (Wildman–Crippen MR) is 156 cm³/mol. The zero-order valence-electron chi connectivity index (χ0n) is 24.1. The van der Waals surface area contributed by atoms with Gasteiger partial charge in [0.15, 0.2) is 6.10 Å². The van der Waals surface area contributed by atoms with Crippen LogP contribution >= 0.6 is 0 Å². The highest BCUT2D eigenvalue weighted by atomic mass is 19.3. The Kier molecular flexibility index (Phi) is 8.25. The van der Waals surface area contributed by atoms with E-state index in [0.717, 1.165) is 38.5 Å². The Bertz CT molecular complexity index is 1500. The number of ether oxygens (including phenoxy) is 3. The third kappa shape index (κ3) is 6.17. The third-order valence-corrected chi connectivity index (χ3v) is 8.12. The van der Waals surface area contributed by atoms with Crippen molar-refractivity contribution in [3.05, 3.63) is 48.2 Å². The molecule has 2 atom stereocenters. The van der Waals surface area contributed by atoms with Crippen LogP contribution in [0.4, 0.5) is 26.2 Å². The fourth-order valence-electron chi connectivity index (χ4n) is 5.73. The van der Waals surface area contributed by atoms with Crippen LogP contribution in [0.3, 0.4) is 0 Å². The zero-order chi connectivity index (χ0) is 30.0. The molecular weight excluding hydrogens is 558 g/mol. The van der Waals surface area contributed by atoms with E-state index in [-0.39, 0.29) is 17.7 Å². The van der Waals surface area contributed by atoms with Gasteiger partial charge >= 0.3 is 0 Å². The van der Waals surface area contributed by atoms with E-state index in [1.165, 1.54) is 6.07 Å². The van der Waals surface area contributed by atoms with E-state index < -0.39 is 18.6 Å². The Hall–Kier alpha value is -4.12. The molecule has 3 fully saturated rings. The molecule has 2 N–H and O–H groups in total. The van der Waals surface area contributed by atoms with E-state index in [9.17, 15) is 14.0 Å². The van der Waals surface area contributed by atoms with E-state index in [0.29, 0.717) is 47.5 Å². The molecular formula is C30H34F2N8O3. The van der Waals surface area contributed by atoms with Gasteiger partial charge in [-0.25, -0.2) is 18.7 Å². The van der Waals surface area contributed by atoms with E-state index >= 15 is 0 Å². The smallest absolute Gasteiger partial charge is 0.296 e. The molecule has 11 nitrogen and oxygen atoms in total. The maximum absolute atomic E-state index is 14.3. The molecule has 2 unspecified atom stereocenters. The number of methoxy groups -OCH3 is 1. The van der Waals surface area contributed by atoms with E-state index in [1.807, 2.05) is 12.1 Å². The lowest BCUT2D eigenvalue weighted by molar-refractivity contribution is -0.109. The minimum atomic E-state index is -3.02. The first kappa shape index (κ1) is 29.0. The van der Waals surface area contributed by atoms with Gasteiger partial charge < -0.3 is 29.7 Å². The SMILES string of the molecule is COc1nc(Nc2nccc(-c3ccc(OC4CCNCC4(F)F)c(C#N)c3)n2)ccc1N1CCN(C2COC2)C(C)C1. The van der Waals surface area contributed by atoms with Gasteiger partial charge in [0.1, 0.15) is 23.3 Å². The topological polar surface area (TPSA) is 121 Å². The third-order valence-electron chi connectivity index (χ3n) is 8.12. The Morgan fingerprint density at radius 1 is 1.16 bits per heavy atom. The van der Waals surface area contributed by atoms with Crippen LogP contribution in [-0.4, -0.2) is 97.0 Å². The highest BCUT2D eigenvalue weighted by Crippen LogP contribution is 2.33. The van der Waals surface area contributed by atoms with E-state index in [2.05, 4.69) is 48.4 Å². The van der Waals surface area contributed by atoms with Gasteiger partial charge in [0, 0.05) is 43.9 Å². The van der Waals surface area contributed by atoms with E-state index in [1.54, 1.807) is 31.5 Å². The summed E-state index contributed by atoms with van der Waals surface area (Å²) in [5.74, 6) is -1.58. The molecule has 6 rings (SSSR count). The van der Waals surface area contributed by atoms with Crippen molar-refractivity contribution >= 4 is 17.5 Å². The van der Waals surface area contributed by atoms with Crippen LogP contribution in [0.2, 0.25) is 0 Å². The number of pyridine rings is 1. The summed E-state index contributed by atoms with van der Waals surface area (Å²) in [6, 6.07) is 13.3. The summed E-state index contributed by atoms with van der Waals surface area (Å²) in [6.45, 7) is 6.49. The molecule has 226 valence electrons. The summed E-state index contributed by atoms with van der Waals surface area (Å²) in [5.41, 5.74) is 2.24.